The van der Waals surface area contributed by atoms with Crippen molar-refractivity contribution in [3.63, 3.8) is 0 Å². The van der Waals surface area contributed by atoms with E-state index in [0.29, 0.717) is 12.3 Å². The number of rotatable bonds is 1. The molecule has 3 N–H and O–H groups in total. The number of fused-ring (bicyclic) bond motifs is 3. The molecule has 1 fully saturated rings. The van der Waals surface area contributed by atoms with Crippen LogP contribution in [0, 0.1) is 5.92 Å². The molecule has 3 unspecified atom stereocenters. The zero-order valence-electron chi connectivity index (χ0n) is 10.6. The first kappa shape index (κ1) is 11.3. The third-order valence-electron chi connectivity index (χ3n) is 3.81. The summed E-state index contributed by atoms with van der Waals surface area (Å²) in [5, 5.41) is 8.40. The fraction of sp³-hybridized carbons (Fsp3) is 0.462. The average Bonchev–Trinajstić information content (AvgIpc) is 2.36. The Morgan fingerprint density at radius 2 is 2.33 bits per heavy atom. The third-order valence-corrected chi connectivity index (χ3v) is 3.81. The van der Waals surface area contributed by atoms with E-state index in [1.165, 1.54) is 11.1 Å². The van der Waals surface area contributed by atoms with E-state index in [9.17, 15) is 4.79 Å². The van der Waals surface area contributed by atoms with Crippen LogP contribution in [0.2, 0.25) is 0 Å². The first-order valence-electron chi connectivity index (χ1n) is 6.29. The van der Waals surface area contributed by atoms with Gasteiger partial charge in [-0.3, -0.25) is 9.80 Å². The number of hydrogen-bond donors (Lipinski definition) is 3. The zero-order chi connectivity index (χ0) is 12.7. The van der Waals surface area contributed by atoms with Crippen molar-refractivity contribution in [2.45, 2.75) is 25.6 Å². The Labute approximate surface area is 107 Å². The van der Waals surface area contributed by atoms with Gasteiger partial charge in [-0.15, -0.1) is 0 Å². The van der Waals surface area contributed by atoms with E-state index in [0.717, 1.165) is 0 Å². The van der Waals surface area contributed by atoms with Crippen LogP contribution < -0.4 is 16.1 Å². The van der Waals surface area contributed by atoms with Crippen LogP contribution in [-0.2, 0) is 4.79 Å². The van der Waals surface area contributed by atoms with Crippen LogP contribution >= 0.6 is 0 Å². The van der Waals surface area contributed by atoms with Gasteiger partial charge in [-0.2, -0.15) is 0 Å². The molecule has 0 bridgehead atoms. The van der Waals surface area contributed by atoms with E-state index in [1.54, 1.807) is 0 Å². The van der Waals surface area contributed by atoms with Crippen molar-refractivity contribution in [1.82, 2.24) is 21.1 Å². The highest BCUT2D eigenvalue weighted by atomic mass is 16.1. The second-order valence-electron chi connectivity index (χ2n) is 4.94. The molecule has 0 spiro atoms. The van der Waals surface area contributed by atoms with Crippen LogP contribution in [0.15, 0.2) is 35.7 Å². The van der Waals surface area contributed by atoms with Crippen LogP contribution in [0.1, 0.15) is 13.3 Å². The molecular weight excluding hydrogens is 228 g/mol. The van der Waals surface area contributed by atoms with Gasteiger partial charge in [-0.05, 0) is 30.3 Å². The number of amides is 1. The number of carbonyl (C=O) groups is 1. The lowest BCUT2D eigenvalue weighted by molar-refractivity contribution is -0.122. The number of hydrazine groups is 1. The van der Waals surface area contributed by atoms with E-state index in [1.807, 2.05) is 24.3 Å². The highest BCUT2D eigenvalue weighted by Gasteiger charge is 2.40. The first-order chi connectivity index (χ1) is 8.70. The van der Waals surface area contributed by atoms with Crippen LogP contribution in [0.5, 0.6) is 0 Å². The molecule has 0 aromatic carbocycles. The molecule has 3 heterocycles. The zero-order valence-corrected chi connectivity index (χ0v) is 10.6. The van der Waals surface area contributed by atoms with Gasteiger partial charge in [0.1, 0.15) is 6.17 Å². The van der Waals surface area contributed by atoms with Gasteiger partial charge in [-0.25, -0.2) is 5.43 Å². The largest absolute Gasteiger partial charge is 0.367 e. The summed E-state index contributed by atoms with van der Waals surface area (Å²) in [6.45, 7) is 2.07. The minimum Gasteiger partial charge on any atom is -0.367 e. The van der Waals surface area contributed by atoms with Gasteiger partial charge in [-0.1, -0.05) is 6.08 Å². The van der Waals surface area contributed by atoms with Crippen LogP contribution in [0.3, 0.4) is 0 Å². The number of hydrogen-bond acceptors (Lipinski definition) is 4. The molecule has 0 aromatic heterocycles. The molecule has 1 amide bonds. The van der Waals surface area contributed by atoms with Crippen molar-refractivity contribution >= 4 is 5.91 Å². The molecule has 3 atom stereocenters. The summed E-state index contributed by atoms with van der Waals surface area (Å²) in [7, 11) is 1.89. The van der Waals surface area contributed by atoms with Crippen molar-refractivity contribution in [2.24, 2.45) is 5.92 Å². The maximum atomic E-state index is 11.6. The average molecular weight is 246 g/mol. The number of piperidine rings is 1. The topological polar surface area (TPSA) is 56.4 Å². The molecule has 96 valence electrons. The lowest BCUT2D eigenvalue weighted by Crippen LogP contribution is -2.57. The standard InChI is InChI=1S/C13H18N4O/c1-8-12-9(6-11(18)16-8)7-17(14-2)13-10(12)4-3-5-15-13/h3-5,7-8,12-15H,6H2,1-2H3,(H,16,18). The molecular formula is C13H18N4O. The predicted octanol–water partition coefficient (Wildman–Crippen LogP) is 0.214. The van der Waals surface area contributed by atoms with Gasteiger partial charge in [0.15, 0.2) is 0 Å². The monoisotopic (exact) mass is 246 g/mol. The minimum atomic E-state index is 0.111. The van der Waals surface area contributed by atoms with E-state index in [2.05, 4.69) is 35.3 Å². The summed E-state index contributed by atoms with van der Waals surface area (Å²) >= 11 is 0. The summed E-state index contributed by atoms with van der Waals surface area (Å²) in [4.78, 5) is 11.6. The van der Waals surface area contributed by atoms with Gasteiger partial charge in [0.05, 0.1) is 6.42 Å². The molecule has 0 radical (unpaired) electrons. The van der Waals surface area contributed by atoms with Crippen LogP contribution in [0.25, 0.3) is 0 Å². The molecule has 3 rings (SSSR count). The van der Waals surface area contributed by atoms with E-state index in [-0.39, 0.29) is 18.1 Å². The van der Waals surface area contributed by atoms with Crippen molar-refractivity contribution in [3.8, 4) is 0 Å². The lowest BCUT2D eigenvalue weighted by Gasteiger charge is -2.45. The summed E-state index contributed by atoms with van der Waals surface area (Å²) in [6, 6.07) is 0.151. The summed E-state index contributed by atoms with van der Waals surface area (Å²) in [6.07, 6.45) is 8.80. The molecule has 0 aromatic rings. The molecule has 5 nitrogen and oxygen atoms in total. The van der Waals surface area contributed by atoms with Crippen molar-refractivity contribution in [3.05, 3.63) is 35.7 Å². The fourth-order valence-electron chi connectivity index (χ4n) is 3.09. The Morgan fingerprint density at radius 3 is 3.11 bits per heavy atom. The highest BCUT2D eigenvalue weighted by Crippen LogP contribution is 2.37. The van der Waals surface area contributed by atoms with Gasteiger partial charge in [0, 0.05) is 25.2 Å². The molecule has 3 aliphatic rings. The Kier molecular flexibility index (Phi) is 2.63. The normalized spacial score (nSPS) is 33.8. The van der Waals surface area contributed by atoms with Crippen molar-refractivity contribution in [1.29, 1.82) is 0 Å². The number of nitrogens with zero attached hydrogens (tertiary/aromatic N) is 1. The Morgan fingerprint density at radius 1 is 1.50 bits per heavy atom. The number of carbonyl (C=O) groups excluding carboxylic acids is 1. The van der Waals surface area contributed by atoms with Gasteiger partial charge < -0.3 is 10.6 Å². The maximum absolute atomic E-state index is 11.6. The summed E-state index contributed by atoms with van der Waals surface area (Å²) in [5.74, 6) is 0.411. The van der Waals surface area contributed by atoms with Gasteiger partial charge in [0.2, 0.25) is 5.91 Å². The summed E-state index contributed by atoms with van der Waals surface area (Å²) < 4.78 is 0. The number of dihydropyridines is 1. The third kappa shape index (κ3) is 1.62. The van der Waals surface area contributed by atoms with Crippen molar-refractivity contribution < 1.29 is 4.79 Å². The van der Waals surface area contributed by atoms with E-state index >= 15 is 0 Å². The first-order valence-corrected chi connectivity index (χ1v) is 6.29. The molecule has 1 saturated heterocycles. The molecule has 0 saturated carbocycles. The predicted molar refractivity (Wildman–Crippen MR) is 68.8 cm³/mol. The quantitative estimate of drug-likeness (QED) is 0.619. The smallest absolute Gasteiger partial charge is 0.224 e. The van der Waals surface area contributed by atoms with Crippen molar-refractivity contribution in [2.75, 3.05) is 7.05 Å². The van der Waals surface area contributed by atoms with Crippen LogP contribution in [0.4, 0.5) is 0 Å². The Balaban J connectivity index is 2.03. The molecule has 3 aliphatic heterocycles. The second-order valence-corrected chi connectivity index (χ2v) is 4.94. The molecule has 18 heavy (non-hydrogen) atoms. The molecule has 5 heteroatoms. The summed E-state index contributed by atoms with van der Waals surface area (Å²) in [5.41, 5.74) is 5.64. The lowest BCUT2D eigenvalue weighted by atomic mass is 9.77. The van der Waals surface area contributed by atoms with Gasteiger partial charge in [0.25, 0.3) is 0 Å². The maximum Gasteiger partial charge on any atom is 0.224 e. The highest BCUT2D eigenvalue weighted by molar-refractivity contribution is 5.81. The van der Waals surface area contributed by atoms with Gasteiger partial charge >= 0.3 is 0 Å². The minimum absolute atomic E-state index is 0.111. The van der Waals surface area contributed by atoms with E-state index in [4.69, 9.17) is 0 Å². The molecule has 0 aliphatic carbocycles. The fourth-order valence-corrected chi connectivity index (χ4v) is 3.09. The van der Waals surface area contributed by atoms with E-state index < -0.39 is 0 Å². The van der Waals surface area contributed by atoms with Crippen LogP contribution in [-0.4, -0.2) is 30.2 Å². The SMILES string of the molecule is CNN1C=C2CC(=O)NC(C)C2C2=CC=CNC21. The Hall–Kier alpha value is -1.75. The second kappa shape index (κ2) is 4.17. The Bertz CT molecular complexity index is 466. The number of nitrogens with one attached hydrogen (secondary N) is 3. The number of allylic oxidation sites excluding steroid dienone is 2.